The van der Waals surface area contributed by atoms with E-state index in [1.807, 2.05) is 4.90 Å². The van der Waals surface area contributed by atoms with E-state index >= 15 is 0 Å². The predicted octanol–water partition coefficient (Wildman–Crippen LogP) is 5.66. The molecule has 1 unspecified atom stereocenters. The van der Waals surface area contributed by atoms with Crippen molar-refractivity contribution >= 4 is 57.9 Å². The number of amides is 2. The minimum absolute atomic E-state index is 0.290. The number of carbonyl (C=O) groups is 2. The lowest BCUT2D eigenvalue weighted by molar-refractivity contribution is -0.120. The lowest BCUT2D eigenvalue weighted by atomic mass is 9.98. The molecule has 2 heterocycles. The first-order valence-electron chi connectivity index (χ1n) is 9.46. The summed E-state index contributed by atoms with van der Waals surface area (Å²) in [5, 5.41) is 1.23. The van der Waals surface area contributed by atoms with Gasteiger partial charge in [0, 0.05) is 18.1 Å². The third kappa shape index (κ3) is 3.77. The molecule has 2 aromatic rings. The second-order valence-electron chi connectivity index (χ2n) is 7.47. The minimum atomic E-state index is -0.371. The molecule has 0 N–H and O–H groups in total. The summed E-state index contributed by atoms with van der Waals surface area (Å²) >= 11 is 18.2. The molecule has 0 saturated carbocycles. The van der Waals surface area contributed by atoms with Gasteiger partial charge < -0.3 is 4.90 Å². The first-order valence-corrected chi connectivity index (χ1v) is 10.6. The van der Waals surface area contributed by atoms with Crippen LogP contribution in [0.3, 0.4) is 0 Å². The van der Waals surface area contributed by atoms with Gasteiger partial charge in [-0.2, -0.15) is 0 Å². The van der Waals surface area contributed by atoms with Crippen LogP contribution in [0.15, 0.2) is 48.2 Å². The fraction of sp³-hybridized carbons (Fsp3) is 0.273. The summed E-state index contributed by atoms with van der Waals surface area (Å²) < 4.78 is 0. The van der Waals surface area contributed by atoms with Gasteiger partial charge in [-0.25, -0.2) is 4.90 Å². The Bertz CT molecular complexity index is 1020. The number of piperidine rings is 1. The minimum Gasteiger partial charge on any atom is -0.366 e. The Morgan fingerprint density at radius 1 is 0.931 bits per heavy atom. The van der Waals surface area contributed by atoms with Crippen LogP contribution in [0.4, 0.5) is 5.69 Å². The van der Waals surface area contributed by atoms with Crippen LogP contribution in [0.2, 0.25) is 15.1 Å². The maximum atomic E-state index is 13.5. The molecule has 2 aliphatic rings. The number of halogens is 3. The summed E-state index contributed by atoms with van der Waals surface area (Å²) in [6.45, 7) is 3.64. The number of carbonyl (C=O) groups excluding carboxylic acids is 2. The molecule has 0 spiro atoms. The van der Waals surface area contributed by atoms with Crippen LogP contribution in [0.1, 0.15) is 25.3 Å². The second-order valence-corrected chi connectivity index (χ2v) is 8.72. The number of benzene rings is 2. The quantitative estimate of drug-likeness (QED) is 0.567. The lowest BCUT2D eigenvalue weighted by Gasteiger charge is -2.33. The van der Waals surface area contributed by atoms with E-state index in [1.54, 1.807) is 42.5 Å². The summed E-state index contributed by atoms with van der Waals surface area (Å²) in [5.41, 5.74) is 1.91. The standard InChI is InChI=1S/C22H19Cl3N2O2/c1-13-3-2-10-26(12-13)20-19(14-4-6-15(23)7-5-14)21(28)27(22(20)29)16-8-9-17(24)18(25)11-16/h4-9,11,13H,2-3,10,12H2,1H3. The summed E-state index contributed by atoms with van der Waals surface area (Å²) in [6, 6.07) is 11.7. The van der Waals surface area contributed by atoms with Crippen LogP contribution in [-0.4, -0.2) is 29.8 Å². The molecular weight excluding hydrogens is 431 g/mol. The molecule has 1 fully saturated rings. The van der Waals surface area contributed by atoms with Crippen molar-refractivity contribution in [2.24, 2.45) is 5.92 Å². The van der Waals surface area contributed by atoms with Crippen LogP contribution >= 0.6 is 34.8 Å². The highest BCUT2D eigenvalue weighted by atomic mass is 35.5. The van der Waals surface area contributed by atoms with Crippen molar-refractivity contribution in [2.45, 2.75) is 19.8 Å². The number of likely N-dealkylation sites (tertiary alicyclic amines) is 1. The SMILES string of the molecule is CC1CCCN(C2=C(c3ccc(Cl)cc3)C(=O)N(c3ccc(Cl)c(Cl)c3)C2=O)C1. The summed E-state index contributed by atoms with van der Waals surface area (Å²) in [5.74, 6) is -0.263. The zero-order valence-corrected chi connectivity index (χ0v) is 18.1. The van der Waals surface area contributed by atoms with Crippen molar-refractivity contribution in [1.29, 1.82) is 0 Å². The van der Waals surface area contributed by atoms with E-state index in [0.29, 0.717) is 38.5 Å². The number of hydrogen-bond acceptors (Lipinski definition) is 3. The van der Waals surface area contributed by atoms with E-state index in [2.05, 4.69) is 6.92 Å². The van der Waals surface area contributed by atoms with Gasteiger partial charge in [0.15, 0.2) is 0 Å². The average molecular weight is 450 g/mol. The topological polar surface area (TPSA) is 40.6 Å². The summed E-state index contributed by atoms with van der Waals surface area (Å²) in [6.07, 6.45) is 2.09. The first-order chi connectivity index (χ1) is 13.9. The molecule has 0 aliphatic carbocycles. The number of hydrogen-bond donors (Lipinski definition) is 0. The molecule has 7 heteroatoms. The number of nitrogens with zero attached hydrogens (tertiary/aromatic N) is 2. The zero-order valence-electron chi connectivity index (χ0n) is 15.8. The maximum Gasteiger partial charge on any atom is 0.282 e. The van der Waals surface area contributed by atoms with E-state index in [-0.39, 0.29) is 16.8 Å². The number of imide groups is 1. The Balaban J connectivity index is 1.83. The van der Waals surface area contributed by atoms with E-state index in [4.69, 9.17) is 34.8 Å². The van der Waals surface area contributed by atoms with Gasteiger partial charge in [-0.1, -0.05) is 53.9 Å². The fourth-order valence-electron chi connectivity index (χ4n) is 3.94. The van der Waals surface area contributed by atoms with Crippen LogP contribution in [-0.2, 0) is 9.59 Å². The molecule has 2 amide bonds. The van der Waals surface area contributed by atoms with Crippen molar-refractivity contribution < 1.29 is 9.59 Å². The van der Waals surface area contributed by atoms with Gasteiger partial charge in [-0.05, 0) is 54.7 Å². The van der Waals surface area contributed by atoms with E-state index in [0.717, 1.165) is 25.9 Å². The van der Waals surface area contributed by atoms with Crippen molar-refractivity contribution in [1.82, 2.24) is 4.90 Å². The molecule has 1 atom stereocenters. The molecule has 29 heavy (non-hydrogen) atoms. The molecule has 150 valence electrons. The fourth-order valence-corrected chi connectivity index (χ4v) is 4.36. The predicted molar refractivity (Wildman–Crippen MR) is 117 cm³/mol. The number of rotatable bonds is 3. The Labute approximate surface area is 184 Å². The van der Waals surface area contributed by atoms with Crippen LogP contribution in [0.25, 0.3) is 5.57 Å². The molecule has 2 aromatic carbocycles. The van der Waals surface area contributed by atoms with E-state index in [9.17, 15) is 9.59 Å². The highest BCUT2D eigenvalue weighted by Crippen LogP contribution is 2.38. The highest BCUT2D eigenvalue weighted by Gasteiger charge is 2.43. The first kappa shape index (κ1) is 20.3. The molecule has 0 aromatic heterocycles. The Hall–Kier alpha value is -2.01. The molecule has 0 bridgehead atoms. The second kappa shape index (κ2) is 8.02. The normalized spacial score (nSPS) is 20.1. The van der Waals surface area contributed by atoms with E-state index in [1.165, 1.54) is 4.90 Å². The van der Waals surface area contributed by atoms with Crippen molar-refractivity contribution in [3.63, 3.8) is 0 Å². The van der Waals surface area contributed by atoms with Gasteiger partial charge in [-0.15, -0.1) is 0 Å². The van der Waals surface area contributed by atoms with Gasteiger partial charge in [0.05, 0.1) is 21.3 Å². The monoisotopic (exact) mass is 448 g/mol. The van der Waals surface area contributed by atoms with Crippen molar-refractivity contribution in [3.8, 4) is 0 Å². The molecule has 2 aliphatic heterocycles. The number of anilines is 1. The molecule has 1 saturated heterocycles. The zero-order chi connectivity index (χ0) is 20.7. The van der Waals surface area contributed by atoms with Gasteiger partial charge in [0.25, 0.3) is 11.8 Å². The Kier molecular flexibility index (Phi) is 5.60. The summed E-state index contributed by atoms with van der Waals surface area (Å²) in [7, 11) is 0. The maximum absolute atomic E-state index is 13.5. The smallest absolute Gasteiger partial charge is 0.282 e. The van der Waals surface area contributed by atoms with Crippen molar-refractivity contribution in [3.05, 3.63) is 68.8 Å². The lowest BCUT2D eigenvalue weighted by Crippen LogP contribution is -2.39. The largest absolute Gasteiger partial charge is 0.366 e. The molecule has 4 rings (SSSR count). The summed E-state index contributed by atoms with van der Waals surface area (Å²) in [4.78, 5) is 30.1. The third-order valence-corrected chi connectivity index (χ3v) is 6.32. The highest BCUT2D eigenvalue weighted by molar-refractivity contribution is 6.46. The van der Waals surface area contributed by atoms with Gasteiger partial charge in [-0.3, -0.25) is 9.59 Å². The van der Waals surface area contributed by atoms with Crippen LogP contribution in [0, 0.1) is 5.92 Å². The molecule has 0 radical (unpaired) electrons. The molecular formula is C22H19Cl3N2O2. The van der Waals surface area contributed by atoms with Gasteiger partial charge >= 0.3 is 0 Å². The van der Waals surface area contributed by atoms with E-state index < -0.39 is 0 Å². The Morgan fingerprint density at radius 2 is 1.66 bits per heavy atom. The third-order valence-electron chi connectivity index (χ3n) is 5.33. The molecule has 4 nitrogen and oxygen atoms in total. The van der Waals surface area contributed by atoms with Crippen LogP contribution < -0.4 is 4.90 Å². The Morgan fingerprint density at radius 3 is 2.31 bits per heavy atom. The van der Waals surface area contributed by atoms with Gasteiger partial charge in [0.2, 0.25) is 0 Å². The van der Waals surface area contributed by atoms with Crippen LogP contribution in [0.5, 0.6) is 0 Å². The van der Waals surface area contributed by atoms with Crippen molar-refractivity contribution in [2.75, 3.05) is 18.0 Å². The van der Waals surface area contributed by atoms with Gasteiger partial charge in [0.1, 0.15) is 5.70 Å². The average Bonchev–Trinajstić information content (AvgIpc) is 2.95.